The van der Waals surface area contributed by atoms with Gasteiger partial charge in [0.25, 0.3) is 0 Å². The molecule has 8 unspecified atom stereocenters. The van der Waals surface area contributed by atoms with Crippen LogP contribution in [0.15, 0.2) is 0 Å². The fourth-order valence-electron chi connectivity index (χ4n) is 6.56. The first-order valence-electron chi connectivity index (χ1n) is 10.7. The van der Waals surface area contributed by atoms with Crippen LogP contribution in [0.25, 0.3) is 0 Å². The molecule has 24 heavy (non-hydrogen) atoms. The number of hydrogen-bond donors (Lipinski definition) is 4. The summed E-state index contributed by atoms with van der Waals surface area (Å²) in [5, 5.41) is 4.10. The lowest BCUT2D eigenvalue weighted by molar-refractivity contribution is -0.984. The average Bonchev–Trinajstić information content (AvgIpc) is 2.57. The topological polar surface area (TPSA) is 68.5 Å². The maximum absolute atomic E-state index is 6.53. The normalized spacial score (nSPS) is 53.2. The Labute approximate surface area is 148 Å². The lowest BCUT2D eigenvalue weighted by Gasteiger charge is -2.57. The zero-order chi connectivity index (χ0) is 16.8. The smallest absolute Gasteiger partial charge is 0.105 e. The number of quaternary nitrogens is 1. The van der Waals surface area contributed by atoms with Gasteiger partial charge in [-0.2, -0.15) is 0 Å². The minimum Gasteiger partial charge on any atom is -0.327 e. The summed E-state index contributed by atoms with van der Waals surface area (Å²) in [7, 11) is 0. The second-order valence-corrected chi connectivity index (χ2v) is 9.65. The van der Waals surface area contributed by atoms with Crippen molar-refractivity contribution in [2.24, 2.45) is 23.3 Å². The van der Waals surface area contributed by atoms with E-state index in [2.05, 4.69) is 19.2 Å². The summed E-state index contributed by atoms with van der Waals surface area (Å²) in [5.74, 6) is 1.32. The Morgan fingerprint density at radius 1 is 0.750 bits per heavy atom. The number of rotatable bonds is 1. The molecule has 0 aromatic rings. The molecule has 3 saturated carbocycles. The zero-order valence-corrected chi connectivity index (χ0v) is 15.7. The van der Waals surface area contributed by atoms with E-state index in [0.717, 1.165) is 18.1 Å². The molecule has 0 aromatic carbocycles. The molecular weight excluding hydrogens is 296 g/mol. The van der Waals surface area contributed by atoms with Crippen LogP contribution in [0.2, 0.25) is 0 Å². The van der Waals surface area contributed by atoms with Crippen molar-refractivity contribution in [3.63, 3.8) is 0 Å². The van der Waals surface area contributed by atoms with Crippen LogP contribution in [0, 0.1) is 11.8 Å². The maximum atomic E-state index is 6.53. The summed E-state index contributed by atoms with van der Waals surface area (Å²) < 4.78 is 0. The Morgan fingerprint density at radius 2 is 1.25 bits per heavy atom. The van der Waals surface area contributed by atoms with Gasteiger partial charge in [-0.05, 0) is 50.4 Å². The van der Waals surface area contributed by atoms with Gasteiger partial charge >= 0.3 is 0 Å². The molecule has 4 nitrogen and oxygen atoms in total. The molecule has 4 rings (SSSR count). The molecule has 1 saturated heterocycles. The largest absolute Gasteiger partial charge is 0.327 e. The number of piperazine rings is 1. The van der Waals surface area contributed by atoms with Crippen LogP contribution >= 0.6 is 0 Å². The van der Waals surface area contributed by atoms with Crippen molar-refractivity contribution >= 4 is 0 Å². The Morgan fingerprint density at radius 3 is 1.75 bits per heavy atom. The van der Waals surface area contributed by atoms with Gasteiger partial charge in [0.15, 0.2) is 0 Å². The van der Waals surface area contributed by atoms with Crippen molar-refractivity contribution < 1.29 is 4.90 Å². The van der Waals surface area contributed by atoms with Gasteiger partial charge in [-0.25, -0.2) is 0 Å². The molecule has 4 heteroatoms. The van der Waals surface area contributed by atoms with Crippen molar-refractivity contribution in [1.82, 2.24) is 5.32 Å². The van der Waals surface area contributed by atoms with E-state index < -0.39 is 0 Å². The predicted molar refractivity (Wildman–Crippen MR) is 98.9 cm³/mol. The van der Waals surface area contributed by atoms with Gasteiger partial charge in [0, 0.05) is 24.9 Å². The van der Waals surface area contributed by atoms with E-state index in [-0.39, 0.29) is 0 Å². The summed E-state index contributed by atoms with van der Waals surface area (Å²) in [6, 6.07) is 4.45. The Kier molecular flexibility index (Phi) is 4.94. The third-order valence-corrected chi connectivity index (χ3v) is 8.10. The third kappa shape index (κ3) is 3.04. The molecule has 0 radical (unpaired) electrons. The van der Waals surface area contributed by atoms with Crippen LogP contribution in [-0.2, 0) is 0 Å². The minimum atomic E-state index is 0.388. The summed E-state index contributed by atoms with van der Waals surface area (Å²) in [6.07, 6.45) is 12.1. The average molecular weight is 336 g/mol. The van der Waals surface area contributed by atoms with Crippen molar-refractivity contribution in [3.05, 3.63) is 0 Å². The molecule has 138 valence electrons. The molecule has 0 bridgehead atoms. The van der Waals surface area contributed by atoms with Gasteiger partial charge in [0.2, 0.25) is 0 Å². The van der Waals surface area contributed by atoms with Crippen LogP contribution < -0.4 is 21.7 Å². The minimum absolute atomic E-state index is 0.388. The standard InChI is InChI=1S/C20H38N4/c1-12-8-17-19(10-15(12)21)24(14-6-4-3-5-7-14)20-11-16(22)13(2)9-18(20)23-17/h12-20,23H,3-11,21-22H2,1-2H3/p+1. The number of nitrogens with two attached hydrogens (primary N) is 2. The monoisotopic (exact) mass is 335 g/mol. The third-order valence-electron chi connectivity index (χ3n) is 8.10. The van der Waals surface area contributed by atoms with E-state index in [9.17, 15) is 0 Å². The summed E-state index contributed by atoms with van der Waals surface area (Å²) in [4.78, 5) is 1.92. The Hall–Kier alpha value is -0.160. The molecule has 0 spiro atoms. The summed E-state index contributed by atoms with van der Waals surface area (Å²) in [5.41, 5.74) is 13.1. The lowest BCUT2D eigenvalue weighted by atomic mass is 9.70. The quantitative estimate of drug-likeness (QED) is 0.573. The van der Waals surface area contributed by atoms with Gasteiger partial charge in [-0.1, -0.05) is 20.3 Å². The molecule has 0 aromatic heterocycles. The van der Waals surface area contributed by atoms with Gasteiger partial charge < -0.3 is 21.7 Å². The van der Waals surface area contributed by atoms with E-state index >= 15 is 0 Å². The molecule has 0 amide bonds. The van der Waals surface area contributed by atoms with Crippen molar-refractivity contribution in [3.8, 4) is 0 Å². The first-order chi connectivity index (χ1) is 11.5. The van der Waals surface area contributed by atoms with Crippen LogP contribution in [0.1, 0.15) is 71.6 Å². The molecule has 3 aliphatic carbocycles. The van der Waals surface area contributed by atoms with Crippen molar-refractivity contribution in [2.75, 3.05) is 0 Å². The van der Waals surface area contributed by atoms with Crippen molar-refractivity contribution in [2.45, 2.75) is 114 Å². The van der Waals surface area contributed by atoms with Crippen LogP contribution in [0.4, 0.5) is 0 Å². The van der Waals surface area contributed by atoms with Crippen LogP contribution in [0.3, 0.4) is 0 Å². The predicted octanol–water partition coefficient (Wildman–Crippen LogP) is 0.796. The SMILES string of the molecule is CC1CC2NC3CC(C)C(N)CC3[NH+](C3CCCCC3)C2CC1N. The molecule has 6 N–H and O–H groups in total. The summed E-state index contributed by atoms with van der Waals surface area (Å²) in [6.45, 7) is 4.71. The molecule has 4 fully saturated rings. The molecule has 1 aliphatic heterocycles. The van der Waals surface area contributed by atoms with E-state index in [1.54, 1.807) is 0 Å². The first-order valence-corrected chi connectivity index (χ1v) is 10.7. The Bertz CT molecular complexity index is 405. The Balaban J connectivity index is 1.61. The van der Waals surface area contributed by atoms with E-state index in [1.807, 2.05) is 4.90 Å². The first kappa shape index (κ1) is 17.3. The van der Waals surface area contributed by atoms with Gasteiger partial charge in [-0.3, -0.25) is 0 Å². The lowest BCUT2D eigenvalue weighted by Crippen LogP contribution is -3.27. The summed E-state index contributed by atoms with van der Waals surface area (Å²) >= 11 is 0. The van der Waals surface area contributed by atoms with Gasteiger partial charge in [-0.15, -0.1) is 0 Å². The zero-order valence-electron chi connectivity index (χ0n) is 15.7. The molecule has 8 atom stereocenters. The second-order valence-electron chi connectivity index (χ2n) is 9.65. The second kappa shape index (κ2) is 6.86. The fourth-order valence-corrected chi connectivity index (χ4v) is 6.56. The highest BCUT2D eigenvalue weighted by Crippen LogP contribution is 2.32. The van der Waals surface area contributed by atoms with Crippen LogP contribution in [0.5, 0.6) is 0 Å². The van der Waals surface area contributed by atoms with Crippen LogP contribution in [-0.4, -0.2) is 42.3 Å². The highest BCUT2D eigenvalue weighted by Gasteiger charge is 2.53. The van der Waals surface area contributed by atoms with E-state index in [0.29, 0.717) is 36.0 Å². The van der Waals surface area contributed by atoms with Gasteiger partial charge in [0.1, 0.15) is 12.1 Å². The van der Waals surface area contributed by atoms with Crippen molar-refractivity contribution in [1.29, 1.82) is 0 Å². The highest BCUT2D eigenvalue weighted by atomic mass is 15.3. The number of hydrogen-bond acceptors (Lipinski definition) is 3. The molecule has 1 heterocycles. The van der Waals surface area contributed by atoms with E-state index in [4.69, 9.17) is 11.5 Å². The fraction of sp³-hybridized carbons (Fsp3) is 1.00. The number of nitrogens with one attached hydrogen (secondary N) is 2. The molecular formula is C20H39N4+. The van der Waals surface area contributed by atoms with E-state index in [1.165, 1.54) is 57.8 Å². The number of fused-ring (bicyclic) bond motifs is 2. The van der Waals surface area contributed by atoms with Gasteiger partial charge in [0.05, 0.1) is 18.1 Å². The highest BCUT2D eigenvalue weighted by molar-refractivity contribution is 5.01. The maximum Gasteiger partial charge on any atom is 0.105 e. The molecule has 4 aliphatic rings.